The summed E-state index contributed by atoms with van der Waals surface area (Å²) in [6.45, 7) is 6.23. The Morgan fingerprint density at radius 3 is 2.59 bits per heavy atom. The van der Waals surface area contributed by atoms with Crippen LogP contribution < -0.4 is 10.1 Å². The molecule has 0 aromatic carbocycles. The normalized spacial score (nSPS) is 19.6. The Morgan fingerprint density at radius 2 is 2.00 bits per heavy atom. The highest BCUT2D eigenvalue weighted by Gasteiger charge is 2.36. The average Bonchev–Trinajstić information content (AvgIpc) is 3.13. The molecule has 1 N–H and O–H groups in total. The molecule has 3 rings (SSSR count). The highest BCUT2D eigenvalue weighted by molar-refractivity contribution is 6.36. The van der Waals surface area contributed by atoms with Crippen molar-refractivity contribution in [3.8, 4) is 17.0 Å². The van der Waals surface area contributed by atoms with Crippen LogP contribution in [0.4, 0.5) is 13.2 Å². The minimum absolute atomic E-state index is 0.111. The molecule has 2 heterocycles. The van der Waals surface area contributed by atoms with E-state index in [9.17, 15) is 18.0 Å². The van der Waals surface area contributed by atoms with E-state index in [4.69, 9.17) is 16.3 Å². The molecule has 0 spiro atoms. The number of carbonyl (C=O) groups is 1. The van der Waals surface area contributed by atoms with Gasteiger partial charge in [0.2, 0.25) is 0 Å². The molecule has 0 saturated heterocycles. The predicted octanol–water partition coefficient (Wildman–Crippen LogP) is 5.92. The zero-order valence-electron chi connectivity index (χ0n) is 20.0. The number of alkyl halides is 3. The second kappa shape index (κ2) is 11.0. The van der Waals surface area contributed by atoms with Crippen LogP contribution in [0.25, 0.3) is 11.3 Å². The fourth-order valence-corrected chi connectivity index (χ4v) is 4.61. The van der Waals surface area contributed by atoms with Gasteiger partial charge in [0.1, 0.15) is 5.75 Å². The second-order valence-corrected chi connectivity index (χ2v) is 9.56. The minimum Gasteiger partial charge on any atom is -0.496 e. The van der Waals surface area contributed by atoms with Crippen molar-refractivity contribution < 1.29 is 22.7 Å². The van der Waals surface area contributed by atoms with Crippen molar-refractivity contribution in [3.63, 3.8) is 0 Å². The number of carbonyl (C=O) groups excluding carboxylic acids is 1. The van der Waals surface area contributed by atoms with E-state index in [0.29, 0.717) is 36.0 Å². The van der Waals surface area contributed by atoms with Gasteiger partial charge in [0.25, 0.3) is 5.91 Å². The lowest BCUT2D eigenvalue weighted by atomic mass is 9.83. The Morgan fingerprint density at radius 1 is 1.32 bits per heavy atom. The maximum atomic E-state index is 13.0. The Balaban J connectivity index is 1.83. The molecule has 6 nitrogen and oxygen atoms in total. The lowest BCUT2D eigenvalue weighted by Gasteiger charge is -2.26. The molecule has 0 bridgehead atoms. The van der Waals surface area contributed by atoms with Crippen LogP contribution in [0.1, 0.15) is 62.6 Å². The van der Waals surface area contributed by atoms with E-state index in [1.54, 1.807) is 4.68 Å². The molecule has 1 fully saturated rings. The number of pyridine rings is 1. The molecule has 10 heteroatoms. The Hall–Kier alpha value is -2.29. The molecule has 1 atom stereocenters. The predicted molar refractivity (Wildman–Crippen MR) is 125 cm³/mol. The van der Waals surface area contributed by atoms with E-state index >= 15 is 0 Å². The van der Waals surface area contributed by atoms with Gasteiger partial charge in [0, 0.05) is 37.5 Å². The first kappa shape index (κ1) is 26.3. The third-order valence-corrected chi connectivity index (χ3v) is 6.93. The van der Waals surface area contributed by atoms with Gasteiger partial charge in [-0.05, 0) is 31.6 Å². The lowest BCUT2D eigenvalue weighted by Crippen LogP contribution is -2.31. The van der Waals surface area contributed by atoms with Crippen LogP contribution in [0.5, 0.6) is 5.75 Å². The molecular formula is C24H32ClF3N4O2. The standard InChI is InChI=1S/C24H32ClF3N4O2/c1-5-32-22(18-13-29-17(11-19(18)34-4)10-15(3)24(26,27)28)20(25)21(31-32)23(33)30-12-16-8-6-14(2)7-9-16/h11,13-16H,5-10,12H2,1-4H3,(H,30,33). The van der Waals surface area contributed by atoms with Crippen molar-refractivity contribution in [2.45, 2.75) is 65.6 Å². The Kier molecular flexibility index (Phi) is 8.49. The average molecular weight is 501 g/mol. The fraction of sp³-hybridized carbons (Fsp3) is 0.625. The molecule has 1 aliphatic rings. The Bertz CT molecular complexity index is 1000. The van der Waals surface area contributed by atoms with Crippen LogP contribution in [0, 0.1) is 17.8 Å². The van der Waals surface area contributed by atoms with Crippen LogP contribution in [-0.4, -0.2) is 40.5 Å². The first-order chi connectivity index (χ1) is 16.0. The first-order valence-electron chi connectivity index (χ1n) is 11.7. The van der Waals surface area contributed by atoms with Crippen LogP contribution in [0.3, 0.4) is 0 Å². The van der Waals surface area contributed by atoms with Crippen LogP contribution in [0.15, 0.2) is 12.3 Å². The van der Waals surface area contributed by atoms with Gasteiger partial charge in [-0.1, -0.05) is 38.3 Å². The van der Waals surface area contributed by atoms with Crippen molar-refractivity contribution >= 4 is 17.5 Å². The van der Waals surface area contributed by atoms with E-state index in [1.807, 2.05) is 6.92 Å². The third kappa shape index (κ3) is 6.03. The quantitative estimate of drug-likeness (QED) is 0.488. The number of hydrogen-bond donors (Lipinski definition) is 1. The summed E-state index contributed by atoms with van der Waals surface area (Å²) in [6, 6.07) is 1.48. The molecule has 1 unspecified atom stereocenters. The smallest absolute Gasteiger partial charge is 0.391 e. The number of aryl methyl sites for hydroxylation is 1. The number of halogens is 4. The summed E-state index contributed by atoms with van der Waals surface area (Å²) in [7, 11) is 1.43. The van der Waals surface area contributed by atoms with Gasteiger partial charge in [-0.3, -0.25) is 14.5 Å². The third-order valence-electron chi connectivity index (χ3n) is 6.57. The van der Waals surface area contributed by atoms with Crippen LogP contribution in [0.2, 0.25) is 5.02 Å². The molecule has 2 aromatic rings. The number of amides is 1. The summed E-state index contributed by atoms with van der Waals surface area (Å²) in [4.78, 5) is 17.1. The molecule has 1 saturated carbocycles. The summed E-state index contributed by atoms with van der Waals surface area (Å²) in [6.07, 6.45) is 1.36. The van der Waals surface area contributed by atoms with Gasteiger partial charge in [0.05, 0.1) is 29.3 Å². The minimum atomic E-state index is -4.31. The monoisotopic (exact) mass is 500 g/mol. The van der Waals surface area contributed by atoms with Gasteiger partial charge in [-0.25, -0.2) is 0 Å². The Labute approximate surface area is 203 Å². The number of nitrogens with zero attached hydrogens (tertiary/aromatic N) is 3. The van der Waals surface area contributed by atoms with Crippen molar-refractivity contribution in [1.82, 2.24) is 20.1 Å². The highest BCUT2D eigenvalue weighted by Crippen LogP contribution is 2.38. The number of rotatable bonds is 8. The van der Waals surface area contributed by atoms with Crippen LogP contribution in [-0.2, 0) is 13.0 Å². The van der Waals surface area contributed by atoms with E-state index in [0.717, 1.165) is 25.7 Å². The first-order valence-corrected chi connectivity index (χ1v) is 12.1. The second-order valence-electron chi connectivity index (χ2n) is 9.19. The fourth-order valence-electron chi connectivity index (χ4n) is 4.29. The van der Waals surface area contributed by atoms with Gasteiger partial charge >= 0.3 is 6.18 Å². The van der Waals surface area contributed by atoms with Gasteiger partial charge in [-0.15, -0.1) is 0 Å². The number of aromatic nitrogens is 3. The van der Waals surface area contributed by atoms with E-state index in [2.05, 4.69) is 22.3 Å². The highest BCUT2D eigenvalue weighted by atomic mass is 35.5. The van der Waals surface area contributed by atoms with Gasteiger partial charge in [-0.2, -0.15) is 18.3 Å². The van der Waals surface area contributed by atoms with Gasteiger partial charge < -0.3 is 10.1 Å². The van der Waals surface area contributed by atoms with Crippen molar-refractivity contribution in [2.24, 2.45) is 17.8 Å². The van der Waals surface area contributed by atoms with Crippen molar-refractivity contribution in [1.29, 1.82) is 0 Å². The number of hydrogen-bond acceptors (Lipinski definition) is 4. The summed E-state index contributed by atoms with van der Waals surface area (Å²) >= 11 is 6.61. The van der Waals surface area contributed by atoms with E-state index in [1.165, 1.54) is 32.2 Å². The molecule has 34 heavy (non-hydrogen) atoms. The summed E-state index contributed by atoms with van der Waals surface area (Å²) < 4.78 is 45.9. The van der Waals surface area contributed by atoms with E-state index < -0.39 is 12.1 Å². The molecule has 188 valence electrons. The number of methoxy groups -OCH3 is 1. The SMILES string of the molecule is CCn1nc(C(=O)NCC2CCC(C)CC2)c(Cl)c1-c1cnc(CC(C)C(F)(F)F)cc1OC. The van der Waals surface area contributed by atoms with E-state index in [-0.39, 0.29) is 28.7 Å². The molecule has 0 aliphatic heterocycles. The topological polar surface area (TPSA) is 69.0 Å². The molecule has 0 radical (unpaired) electrons. The van der Waals surface area contributed by atoms with Crippen LogP contribution >= 0.6 is 11.6 Å². The summed E-state index contributed by atoms with van der Waals surface area (Å²) in [5.74, 6) is -0.389. The summed E-state index contributed by atoms with van der Waals surface area (Å²) in [5, 5.41) is 7.52. The largest absolute Gasteiger partial charge is 0.496 e. The van der Waals surface area contributed by atoms with Crippen molar-refractivity contribution in [3.05, 3.63) is 28.7 Å². The molecule has 1 aliphatic carbocycles. The lowest BCUT2D eigenvalue weighted by molar-refractivity contribution is -0.169. The molecule has 1 amide bonds. The zero-order chi connectivity index (χ0) is 25.0. The maximum Gasteiger partial charge on any atom is 0.391 e. The van der Waals surface area contributed by atoms with Crippen molar-refractivity contribution in [2.75, 3.05) is 13.7 Å². The van der Waals surface area contributed by atoms with Gasteiger partial charge in [0.15, 0.2) is 5.69 Å². The molecular weight excluding hydrogens is 469 g/mol. The number of nitrogens with one attached hydrogen (secondary N) is 1. The molecule has 2 aromatic heterocycles. The zero-order valence-corrected chi connectivity index (χ0v) is 20.8. The summed E-state index contributed by atoms with van der Waals surface area (Å²) in [5.41, 5.74) is 1.27. The maximum absolute atomic E-state index is 13.0. The number of ether oxygens (including phenoxy) is 1.